The number of hydrogen-bond acceptors (Lipinski definition) is 12. The summed E-state index contributed by atoms with van der Waals surface area (Å²) in [6, 6.07) is 0. The van der Waals surface area contributed by atoms with E-state index in [1.165, 1.54) is 116 Å². The van der Waals surface area contributed by atoms with Crippen molar-refractivity contribution in [2.45, 2.75) is 83.1 Å². The second-order valence-corrected chi connectivity index (χ2v) is 28.1. The molecule has 0 amide bonds. The average molecular weight is 853 g/mol. The fourth-order valence-corrected chi connectivity index (χ4v) is 21.0. The van der Waals surface area contributed by atoms with Crippen LogP contribution in [0.1, 0.15) is 83.1 Å². The zero-order valence-corrected chi connectivity index (χ0v) is 38.7. The Kier molecular flexibility index (Phi) is 11.5. The Balaban J connectivity index is 1.88. The highest BCUT2D eigenvalue weighted by Crippen LogP contribution is 2.54. The molecule has 0 bridgehead atoms. The molecule has 0 saturated heterocycles. The van der Waals surface area contributed by atoms with Gasteiger partial charge in [0.2, 0.25) is 0 Å². The first-order valence-corrected chi connectivity index (χ1v) is 25.2. The van der Waals surface area contributed by atoms with E-state index in [4.69, 9.17) is 0 Å². The molecular formula is C36H36S12. The fourth-order valence-electron chi connectivity index (χ4n) is 5.24. The Bertz CT molecular complexity index is 1780. The lowest BCUT2D eigenvalue weighted by Gasteiger charge is -2.13. The number of allylic oxidation sites excluding steroid dienone is 12. The van der Waals surface area contributed by atoms with Gasteiger partial charge < -0.3 is 0 Å². The molecule has 6 heterocycles. The second kappa shape index (κ2) is 14.7. The van der Waals surface area contributed by atoms with Gasteiger partial charge in [-0.05, 0) is 142 Å². The van der Waals surface area contributed by atoms with Crippen LogP contribution < -0.4 is 31.3 Å². The molecule has 252 valence electrons. The zero-order chi connectivity index (χ0) is 34.3. The normalized spacial score (nSPS) is 22.5. The van der Waals surface area contributed by atoms with Crippen LogP contribution in [-0.4, -0.2) is 0 Å². The lowest BCUT2D eigenvalue weighted by molar-refractivity contribution is 1.31. The zero-order valence-electron chi connectivity index (χ0n) is 28.9. The Morgan fingerprint density at radius 1 is 0.167 bits per heavy atom. The van der Waals surface area contributed by atoms with Crippen LogP contribution in [0.25, 0.3) is 25.4 Å². The van der Waals surface area contributed by atoms with Crippen LogP contribution in [-0.2, 0) is 0 Å². The van der Waals surface area contributed by atoms with E-state index in [1.54, 1.807) is 0 Å². The van der Waals surface area contributed by atoms with Crippen LogP contribution in [0.15, 0.2) is 58.9 Å². The summed E-state index contributed by atoms with van der Waals surface area (Å²) in [5.41, 5.74) is 0. The lowest BCUT2D eigenvalue weighted by Crippen LogP contribution is -2.67. The number of thioether (sulfide) groups is 12. The average Bonchev–Trinajstić information content (AvgIpc) is 3.86. The van der Waals surface area contributed by atoms with Gasteiger partial charge >= 0.3 is 0 Å². The summed E-state index contributed by atoms with van der Waals surface area (Å²) in [6.45, 7) is 27.7. The van der Waals surface area contributed by atoms with Gasteiger partial charge in [-0.15, -0.1) is 0 Å². The molecule has 0 aliphatic carbocycles. The van der Waals surface area contributed by atoms with Crippen molar-refractivity contribution < 1.29 is 0 Å². The van der Waals surface area contributed by atoms with Crippen LogP contribution in [0.4, 0.5) is 0 Å². The van der Waals surface area contributed by atoms with Crippen molar-refractivity contribution in [1.29, 1.82) is 0 Å². The van der Waals surface area contributed by atoms with Gasteiger partial charge in [-0.2, -0.15) is 0 Å². The number of hydrogen-bond donors (Lipinski definition) is 0. The largest absolute Gasteiger partial charge is 0.0860 e. The van der Waals surface area contributed by atoms with Gasteiger partial charge in [-0.1, -0.05) is 141 Å². The minimum Gasteiger partial charge on any atom is -0.0860 e. The Labute approximate surface area is 336 Å². The molecule has 12 heteroatoms. The standard InChI is InChI=1S/C36H36S12/c1-13-14(2)38-31(37-13)25-26(32-39-15(3)16(4)40-32)28(34-43-19(7)20(8)44-34)30(36-47-23(11)24(12)48-36)29(35-45-21(9)22(10)46-35)27(25)33-41-17(5)18(6)42-33/h1-12H3. The summed E-state index contributed by atoms with van der Waals surface area (Å²) in [6.07, 6.45) is 0. The van der Waals surface area contributed by atoms with Gasteiger partial charge in [0.15, 0.2) is 0 Å². The first kappa shape index (κ1) is 37.4. The smallest absolute Gasteiger partial charge is 0.0578 e. The quantitative estimate of drug-likeness (QED) is 0.244. The van der Waals surface area contributed by atoms with Crippen LogP contribution in [0.5, 0.6) is 0 Å². The van der Waals surface area contributed by atoms with Crippen molar-refractivity contribution in [2.75, 3.05) is 0 Å². The van der Waals surface area contributed by atoms with Gasteiger partial charge in [0.05, 0.1) is 25.4 Å². The van der Waals surface area contributed by atoms with Gasteiger partial charge in [-0.3, -0.25) is 0 Å². The summed E-state index contributed by atoms with van der Waals surface area (Å²) >= 11 is 23.9. The molecule has 1 aromatic rings. The molecule has 0 radical (unpaired) electrons. The van der Waals surface area contributed by atoms with E-state index in [2.05, 4.69) is 83.1 Å². The van der Waals surface area contributed by atoms with Crippen molar-refractivity contribution in [2.24, 2.45) is 0 Å². The summed E-state index contributed by atoms with van der Waals surface area (Å²) in [4.78, 5) is 17.1. The highest BCUT2D eigenvalue weighted by molar-refractivity contribution is 8.38. The van der Waals surface area contributed by atoms with Crippen molar-refractivity contribution in [1.82, 2.24) is 0 Å². The molecule has 0 saturated carbocycles. The molecule has 48 heavy (non-hydrogen) atoms. The van der Waals surface area contributed by atoms with Gasteiger partial charge in [0.25, 0.3) is 0 Å². The Hall–Kier alpha value is 1.08. The van der Waals surface area contributed by atoms with Crippen LogP contribution in [0, 0.1) is 0 Å². The molecular weight excluding hydrogens is 817 g/mol. The summed E-state index contributed by atoms with van der Waals surface area (Å²) in [7, 11) is 0. The summed E-state index contributed by atoms with van der Waals surface area (Å²) in [5.74, 6) is 0. The first-order chi connectivity index (χ1) is 22.7. The maximum Gasteiger partial charge on any atom is 0.0578 e. The van der Waals surface area contributed by atoms with E-state index in [0.717, 1.165) is 0 Å². The molecule has 6 aliphatic heterocycles. The van der Waals surface area contributed by atoms with Crippen molar-refractivity contribution in [3.05, 3.63) is 90.2 Å². The molecule has 0 nitrogen and oxygen atoms in total. The first-order valence-electron chi connectivity index (χ1n) is 15.4. The minimum atomic E-state index is 1.42. The monoisotopic (exact) mass is 852 g/mol. The molecule has 0 aromatic heterocycles. The Morgan fingerprint density at radius 2 is 0.250 bits per heavy atom. The summed E-state index contributed by atoms with van der Waals surface area (Å²) < 4.78 is 8.60. The van der Waals surface area contributed by atoms with Crippen molar-refractivity contribution in [3.63, 3.8) is 0 Å². The fraction of sp³-hybridized carbons (Fsp3) is 0.333. The third kappa shape index (κ3) is 6.82. The predicted molar refractivity (Wildman–Crippen MR) is 246 cm³/mol. The third-order valence-corrected chi connectivity index (χ3v) is 24.4. The molecule has 0 atom stereocenters. The van der Waals surface area contributed by atoms with E-state index < -0.39 is 0 Å². The van der Waals surface area contributed by atoms with Crippen LogP contribution >= 0.6 is 141 Å². The highest BCUT2D eigenvalue weighted by Gasteiger charge is 2.29. The molecule has 1 aromatic carbocycles. The van der Waals surface area contributed by atoms with Gasteiger partial charge in [0.1, 0.15) is 0 Å². The molecule has 0 spiro atoms. The minimum absolute atomic E-state index is 1.42. The topological polar surface area (TPSA) is 0 Å². The maximum absolute atomic E-state index is 2.31. The maximum atomic E-state index is 2.31. The predicted octanol–water partition coefficient (Wildman–Crippen LogP) is 12.5. The molecule has 0 N–H and O–H groups in total. The second-order valence-electron chi connectivity index (χ2n) is 11.9. The highest BCUT2D eigenvalue weighted by atomic mass is 32.2. The van der Waals surface area contributed by atoms with Crippen LogP contribution in [0.2, 0.25) is 0 Å². The van der Waals surface area contributed by atoms with Crippen molar-refractivity contribution >= 4 is 167 Å². The van der Waals surface area contributed by atoms with E-state index >= 15 is 0 Å². The molecule has 6 aliphatic rings. The van der Waals surface area contributed by atoms with Crippen LogP contribution in [0.3, 0.4) is 0 Å². The van der Waals surface area contributed by atoms with E-state index in [-0.39, 0.29) is 0 Å². The SMILES string of the molecule is CC1=C(C)SC(=c2c(=C3SC(C)=C(C)S3)c(=C3SC(C)=C(C)S3)c(=C3SC(C)=C(C)S3)c(=C3SC(C)=C(C)S3)c2=C2SC(C)=C(C)S2)S1. The molecule has 0 unspecified atom stereocenters. The van der Waals surface area contributed by atoms with E-state index in [9.17, 15) is 0 Å². The lowest BCUT2D eigenvalue weighted by atomic mass is 10.1. The number of rotatable bonds is 0. The summed E-state index contributed by atoms with van der Waals surface area (Å²) in [5, 5.41) is 8.70. The third-order valence-electron chi connectivity index (χ3n) is 8.65. The van der Waals surface area contributed by atoms with Gasteiger partial charge in [0, 0.05) is 31.3 Å². The van der Waals surface area contributed by atoms with Crippen molar-refractivity contribution in [3.8, 4) is 0 Å². The molecule has 0 fully saturated rings. The Morgan fingerprint density at radius 3 is 0.333 bits per heavy atom. The molecule has 7 rings (SSSR count). The van der Waals surface area contributed by atoms with Gasteiger partial charge in [-0.25, -0.2) is 0 Å². The van der Waals surface area contributed by atoms with E-state index in [0.29, 0.717) is 0 Å². The van der Waals surface area contributed by atoms with E-state index in [1.807, 2.05) is 141 Å². The number of benzene rings is 1.